The fourth-order valence-corrected chi connectivity index (χ4v) is 5.48. The maximum Gasteiger partial charge on any atom is 0.305 e. The second kappa shape index (κ2) is 8.91. The molecule has 2 unspecified atom stereocenters. The predicted octanol–water partition coefficient (Wildman–Crippen LogP) is 2.28. The van der Waals surface area contributed by atoms with Crippen molar-refractivity contribution in [2.75, 3.05) is 27.0 Å². The summed E-state index contributed by atoms with van der Waals surface area (Å²) in [5, 5.41) is 0.222. The molecule has 1 heterocycles. The quantitative estimate of drug-likeness (QED) is 0.637. The van der Waals surface area contributed by atoms with Gasteiger partial charge in [0.1, 0.15) is 5.75 Å². The number of benzene rings is 1. The fourth-order valence-electron chi connectivity index (χ4n) is 2.96. The van der Waals surface area contributed by atoms with Gasteiger partial charge in [0.15, 0.2) is 0 Å². The van der Waals surface area contributed by atoms with Crippen molar-refractivity contribution in [3.8, 4) is 5.75 Å². The average Bonchev–Trinajstić information content (AvgIpc) is 3.02. The molecule has 2 atom stereocenters. The van der Waals surface area contributed by atoms with Crippen LogP contribution in [0.1, 0.15) is 24.8 Å². The van der Waals surface area contributed by atoms with Gasteiger partial charge in [0.25, 0.3) is 0 Å². The second-order valence-electron chi connectivity index (χ2n) is 6.12. The number of carbonyl (C=O) groups excluding carboxylic acids is 1. The molecule has 0 radical (unpaired) electrons. The molecule has 0 bridgehead atoms. The van der Waals surface area contributed by atoms with Crippen molar-refractivity contribution in [1.29, 1.82) is 0 Å². The summed E-state index contributed by atoms with van der Waals surface area (Å²) < 4.78 is 35.4. The van der Waals surface area contributed by atoms with Gasteiger partial charge in [-0.1, -0.05) is 12.1 Å². The lowest BCUT2D eigenvalue weighted by molar-refractivity contribution is -0.140. The average molecular weight is 388 g/mol. The van der Waals surface area contributed by atoms with E-state index in [0.29, 0.717) is 13.0 Å². The maximum atomic E-state index is 12.0. The number of esters is 1. The Morgan fingerprint density at radius 1 is 1.28 bits per heavy atom. The standard InChI is InChI=1S/C17H25NO5S2/c1-22-15-7-4-13(5-8-15)12-24-16-10-14(6-9-17(19)23-2)18(11-16)25(3,20)21/h4-5,7-8,14,16H,6,9-12H2,1-3H3. The Kier molecular flexibility index (Phi) is 7.15. The van der Waals surface area contributed by atoms with Crippen LogP contribution < -0.4 is 4.74 Å². The maximum absolute atomic E-state index is 12.0. The molecule has 8 heteroatoms. The lowest BCUT2D eigenvalue weighted by Crippen LogP contribution is -2.35. The number of hydrogen-bond acceptors (Lipinski definition) is 6. The normalized spacial score (nSPS) is 21.2. The van der Waals surface area contributed by atoms with Crippen molar-refractivity contribution in [3.63, 3.8) is 0 Å². The highest BCUT2D eigenvalue weighted by atomic mass is 32.2. The van der Waals surface area contributed by atoms with Crippen LogP contribution in [0.3, 0.4) is 0 Å². The van der Waals surface area contributed by atoms with Crippen molar-refractivity contribution < 1.29 is 22.7 Å². The van der Waals surface area contributed by atoms with Gasteiger partial charge in [-0.25, -0.2) is 8.42 Å². The van der Waals surface area contributed by atoms with Crippen LogP contribution in [0.4, 0.5) is 0 Å². The largest absolute Gasteiger partial charge is 0.497 e. The molecule has 0 spiro atoms. The summed E-state index contributed by atoms with van der Waals surface area (Å²) >= 11 is 1.75. The predicted molar refractivity (Wildman–Crippen MR) is 99.3 cm³/mol. The number of methoxy groups -OCH3 is 2. The van der Waals surface area contributed by atoms with Crippen LogP contribution in [-0.4, -0.2) is 57.0 Å². The van der Waals surface area contributed by atoms with Gasteiger partial charge in [0.2, 0.25) is 10.0 Å². The zero-order chi connectivity index (χ0) is 18.4. The highest BCUT2D eigenvalue weighted by Gasteiger charge is 2.37. The molecular formula is C17H25NO5S2. The Morgan fingerprint density at radius 2 is 1.96 bits per heavy atom. The third-order valence-electron chi connectivity index (χ3n) is 4.31. The topological polar surface area (TPSA) is 72.9 Å². The van der Waals surface area contributed by atoms with Crippen LogP contribution in [0.25, 0.3) is 0 Å². The molecule has 0 N–H and O–H groups in total. The number of carbonyl (C=O) groups is 1. The molecule has 1 aromatic rings. The summed E-state index contributed by atoms with van der Waals surface area (Å²) in [6.07, 6.45) is 2.72. The van der Waals surface area contributed by atoms with E-state index in [1.165, 1.54) is 23.2 Å². The highest BCUT2D eigenvalue weighted by molar-refractivity contribution is 7.99. The van der Waals surface area contributed by atoms with Gasteiger partial charge in [-0.15, -0.1) is 0 Å². The van der Waals surface area contributed by atoms with Crippen molar-refractivity contribution in [2.45, 2.75) is 36.3 Å². The molecule has 1 aliphatic heterocycles. The molecule has 1 fully saturated rings. The van der Waals surface area contributed by atoms with E-state index in [9.17, 15) is 13.2 Å². The van der Waals surface area contributed by atoms with E-state index < -0.39 is 10.0 Å². The Labute approximate surface area is 153 Å². The van der Waals surface area contributed by atoms with E-state index in [1.54, 1.807) is 18.9 Å². The first-order valence-electron chi connectivity index (χ1n) is 8.11. The van der Waals surface area contributed by atoms with E-state index in [1.807, 2.05) is 24.3 Å². The minimum atomic E-state index is -3.28. The summed E-state index contributed by atoms with van der Waals surface area (Å²) in [6.45, 7) is 0.492. The van der Waals surface area contributed by atoms with E-state index in [2.05, 4.69) is 4.74 Å². The zero-order valence-electron chi connectivity index (χ0n) is 14.8. The number of hydrogen-bond donors (Lipinski definition) is 0. The number of rotatable bonds is 8. The number of thioether (sulfide) groups is 1. The lowest BCUT2D eigenvalue weighted by Gasteiger charge is -2.21. The summed E-state index contributed by atoms with van der Waals surface area (Å²) in [4.78, 5) is 11.4. The van der Waals surface area contributed by atoms with Crippen LogP contribution in [0.15, 0.2) is 24.3 Å². The molecule has 0 aliphatic carbocycles. The summed E-state index contributed by atoms with van der Waals surface area (Å²) in [5.74, 6) is 1.33. The van der Waals surface area contributed by atoms with Crippen LogP contribution >= 0.6 is 11.8 Å². The van der Waals surface area contributed by atoms with Crippen LogP contribution in [0, 0.1) is 0 Å². The third kappa shape index (κ3) is 5.90. The van der Waals surface area contributed by atoms with Crippen LogP contribution in [0.2, 0.25) is 0 Å². The van der Waals surface area contributed by atoms with Crippen molar-refractivity contribution >= 4 is 27.8 Å². The van der Waals surface area contributed by atoms with Gasteiger partial charge in [0.05, 0.1) is 20.5 Å². The summed E-state index contributed by atoms with van der Waals surface area (Å²) in [7, 11) is -0.298. The molecule has 1 aromatic carbocycles. The minimum absolute atomic E-state index is 0.137. The monoisotopic (exact) mass is 387 g/mol. The molecule has 0 amide bonds. The van der Waals surface area contributed by atoms with Gasteiger partial charge in [-0.3, -0.25) is 4.79 Å². The molecular weight excluding hydrogens is 362 g/mol. The SMILES string of the molecule is COC(=O)CCC1CC(SCc2ccc(OC)cc2)CN1S(C)(=O)=O. The van der Waals surface area contributed by atoms with Crippen LogP contribution in [0.5, 0.6) is 5.75 Å². The minimum Gasteiger partial charge on any atom is -0.497 e. The molecule has 0 saturated carbocycles. The third-order valence-corrected chi connectivity index (χ3v) is 6.92. The lowest BCUT2D eigenvalue weighted by atomic mass is 10.1. The summed E-state index contributed by atoms with van der Waals surface area (Å²) in [5.41, 5.74) is 1.18. The van der Waals surface area contributed by atoms with Gasteiger partial charge in [-0.2, -0.15) is 16.1 Å². The Balaban J connectivity index is 1.93. The smallest absolute Gasteiger partial charge is 0.305 e. The molecule has 1 aliphatic rings. The second-order valence-corrected chi connectivity index (χ2v) is 9.34. The van der Waals surface area contributed by atoms with Crippen molar-refractivity contribution in [1.82, 2.24) is 4.31 Å². The first-order chi connectivity index (χ1) is 11.8. The molecule has 0 aromatic heterocycles. The number of sulfonamides is 1. The molecule has 6 nitrogen and oxygen atoms in total. The Bertz CT molecular complexity index is 675. The van der Waals surface area contributed by atoms with Gasteiger partial charge < -0.3 is 9.47 Å². The molecule has 2 rings (SSSR count). The Morgan fingerprint density at radius 3 is 2.52 bits per heavy atom. The summed E-state index contributed by atoms with van der Waals surface area (Å²) in [6, 6.07) is 7.75. The fraction of sp³-hybridized carbons (Fsp3) is 0.588. The van der Waals surface area contributed by atoms with Gasteiger partial charge in [-0.05, 0) is 30.5 Å². The first kappa shape index (κ1) is 20.1. The number of nitrogens with zero attached hydrogens (tertiary/aromatic N) is 1. The Hall–Kier alpha value is -1.25. The van der Waals surface area contributed by atoms with Crippen molar-refractivity contribution in [3.05, 3.63) is 29.8 Å². The van der Waals surface area contributed by atoms with Gasteiger partial charge in [0, 0.05) is 30.0 Å². The van der Waals surface area contributed by atoms with E-state index in [-0.39, 0.29) is 23.7 Å². The zero-order valence-corrected chi connectivity index (χ0v) is 16.4. The molecule has 25 heavy (non-hydrogen) atoms. The molecule has 140 valence electrons. The van der Waals surface area contributed by atoms with E-state index in [4.69, 9.17) is 4.74 Å². The van der Waals surface area contributed by atoms with Crippen LogP contribution in [-0.2, 0) is 25.3 Å². The number of ether oxygens (including phenoxy) is 2. The van der Waals surface area contributed by atoms with E-state index in [0.717, 1.165) is 17.9 Å². The van der Waals surface area contributed by atoms with E-state index >= 15 is 0 Å². The molecule has 1 saturated heterocycles. The van der Waals surface area contributed by atoms with Crippen molar-refractivity contribution in [2.24, 2.45) is 0 Å². The van der Waals surface area contributed by atoms with Gasteiger partial charge >= 0.3 is 5.97 Å². The first-order valence-corrected chi connectivity index (χ1v) is 11.0. The highest BCUT2D eigenvalue weighted by Crippen LogP contribution is 2.33.